The molecule has 1 amide bonds. The van der Waals surface area contributed by atoms with E-state index in [1.54, 1.807) is 12.1 Å². The largest absolute Gasteiger partial charge is 0.508 e. The van der Waals surface area contributed by atoms with Gasteiger partial charge in [-0.05, 0) is 29.5 Å². The van der Waals surface area contributed by atoms with Gasteiger partial charge in [-0.25, -0.2) is 5.84 Å². The maximum atomic E-state index is 11.7. The van der Waals surface area contributed by atoms with Crippen molar-refractivity contribution in [1.29, 1.82) is 0 Å². The minimum Gasteiger partial charge on any atom is -0.508 e. The molecule has 0 heterocycles. The van der Waals surface area contributed by atoms with Gasteiger partial charge in [-0.1, -0.05) is 32.9 Å². The van der Waals surface area contributed by atoms with Gasteiger partial charge in [0.15, 0.2) is 0 Å². The van der Waals surface area contributed by atoms with Crippen molar-refractivity contribution in [3.05, 3.63) is 29.8 Å². The van der Waals surface area contributed by atoms with Crippen LogP contribution in [0.15, 0.2) is 24.3 Å². The smallest absolute Gasteiger partial charge is 0.237 e. The van der Waals surface area contributed by atoms with Crippen LogP contribution in [0.1, 0.15) is 26.3 Å². The number of carbonyl (C=O) groups is 1. The summed E-state index contributed by atoms with van der Waals surface area (Å²) in [4.78, 5) is 11.7. The first kappa shape index (κ1) is 13.5. The van der Waals surface area contributed by atoms with E-state index in [1.807, 2.05) is 32.9 Å². The number of nitrogens with one attached hydrogen (secondary N) is 1. The lowest BCUT2D eigenvalue weighted by Crippen LogP contribution is -2.42. The molecule has 4 N–H and O–H groups in total. The lowest BCUT2D eigenvalue weighted by molar-refractivity contribution is -0.128. The van der Waals surface area contributed by atoms with Gasteiger partial charge in [-0.3, -0.25) is 10.2 Å². The van der Waals surface area contributed by atoms with Gasteiger partial charge in [-0.2, -0.15) is 0 Å². The zero-order valence-corrected chi connectivity index (χ0v) is 10.5. The maximum Gasteiger partial charge on any atom is 0.237 e. The van der Waals surface area contributed by atoms with Crippen molar-refractivity contribution in [2.45, 2.75) is 27.2 Å². The van der Waals surface area contributed by atoms with Crippen molar-refractivity contribution in [3.63, 3.8) is 0 Å². The number of phenolic OH excluding ortho intramolecular Hbond substituents is 1. The van der Waals surface area contributed by atoms with Crippen LogP contribution in [0.2, 0.25) is 0 Å². The summed E-state index contributed by atoms with van der Waals surface area (Å²) < 4.78 is 0. The van der Waals surface area contributed by atoms with Crippen molar-refractivity contribution >= 4 is 5.91 Å². The molecule has 4 heteroatoms. The SMILES string of the molecule is CC(C)(C)C(Cc1ccc(O)cc1)C(=O)NN. The van der Waals surface area contributed by atoms with Crippen molar-refractivity contribution in [2.24, 2.45) is 17.2 Å². The molecule has 94 valence electrons. The molecule has 0 aliphatic heterocycles. The fourth-order valence-corrected chi connectivity index (χ4v) is 1.76. The number of nitrogens with two attached hydrogens (primary N) is 1. The van der Waals surface area contributed by atoms with Crippen LogP contribution in [0.4, 0.5) is 0 Å². The molecule has 0 radical (unpaired) electrons. The Hall–Kier alpha value is -1.55. The first-order chi connectivity index (χ1) is 7.84. The Kier molecular flexibility index (Phi) is 4.12. The van der Waals surface area contributed by atoms with Crippen LogP contribution >= 0.6 is 0 Å². The highest BCUT2D eigenvalue weighted by atomic mass is 16.3. The zero-order chi connectivity index (χ0) is 13.1. The Morgan fingerprint density at radius 2 is 1.88 bits per heavy atom. The summed E-state index contributed by atoms with van der Waals surface area (Å²) in [6, 6.07) is 6.88. The molecule has 0 saturated heterocycles. The molecular weight excluding hydrogens is 216 g/mol. The normalized spacial score (nSPS) is 13.2. The minimum atomic E-state index is -0.197. The number of benzene rings is 1. The van der Waals surface area contributed by atoms with E-state index in [2.05, 4.69) is 5.43 Å². The second-order valence-electron chi connectivity index (χ2n) is 5.30. The van der Waals surface area contributed by atoms with Gasteiger partial charge in [0.2, 0.25) is 5.91 Å². The molecule has 0 aromatic heterocycles. The fraction of sp³-hybridized carbons (Fsp3) is 0.462. The van der Waals surface area contributed by atoms with Gasteiger partial charge in [0.25, 0.3) is 0 Å². The van der Waals surface area contributed by atoms with Gasteiger partial charge in [0.1, 0.15) is 5.75 Å². The number of carbonyl (C=O) groups excluding carboxylic acids is 1. The monoisotopic (exact) mass is 236 g/mol. The van der Waals surface area contributed by atoms with E-state index in [9.17, 15) is 9.90 Å². The van der Waals surface area contributed by atoms with Gasteiger partial charge in [-0.15, -0.1) is 0 Å². The van der Waals surface area contributed by atoms with Crippen LogP contribution in [0.5, 0.6) is 5.75 Å². The molecule has 0 saturated carbocycles. The highest BCUT2D eigenvalue weighted by molar-refractivity contribution is 5.79. The Bertz CT molecular complexity index is 379. The summed E-state index contributed by atoms with van der Waals surface area (Å²) in [5, 5.41) is 9.21. The van der Waals surface area contributed by atoms with Gasteiger partial charge < -0.3 is 5.11 Å². The first-order valence-electron chi connectivity index (χ1n) is 5.63. The lowest BCUT2D eigenvalue weighted by Gasteiger charge is -2.29. The summed E-state index contributed by atoms with van der Waals surface area (Å²) in [6.07, 6.45) is 0.604. The fourth-order valence-electron chi connectivity index (χ4n) is 1.76. The van der Waals surface area contributed by atoms with Crippen molar-refractivity contribution in [3.8, 4) is 5.75 Å². The van der Waals surface area contributed by atoms with E-state index >= 15 is 0 Å². The lowest BCUT2D eigenvalue weighted by atomic mass is 9.77. The van der Waals surface area contributed by atoms with Crippen LogP contribution in [0, 0.1) is 11.3 Å². The topological polar surface area (TPSA) is 75.3 Å². The van der Waals surface area contributed by atoms with Crippen molar-refractivity contribution in [2.75, 3.05) is 0 Å². The van der Waals surface area contributed by atoms with E-state index in [0.29, 0.717) is 6.42 Å². The summed E-state index contributed by atoms with van der Waals surface area (Å²) in [7, 11) is 0. The molecule has 0 aliphatic rings. The maximum absolute atomic E-state index is 11.7. The predicted molar refractivity (Wildman–Crippen MR) is 67.1 cm³/mol. The zero-order valence-electron chi connectivity index (χ0n) is 10.5. The van der Waals surface area contributed by atoms with E-state index in [1.165, 1.54) is 0 Å². The Labute approximate surface area is 102 Å². The van der Waals surface area contributed by atoms with Gasteiger partial charge >= 0.3 is 0 Å². The molecule has 0 aliphatic carbocycles. The van der Waals surface area contributed by atoms with Gasteiger partial charge in [0.05, 0.1) is 0 Å². The molecule has 17 heavy (non-hydrogen) atoms. The van der Waals surface area contributed by atoms with Crippen LogP contribution in [-0.4, -0.2) is 11.0 Å². The second kappa shape index (κ2) is 5.19. The summed E-state index contributed by atoms with van der Waals surface area (Å²) in [5.41, 5.74) is 3.06. The highest BCUT2D eigenvalue weighted by Crippen LogP contribution is 2.29. The molecule has 1 rings (SSSR count). The molecule has 1 unspecified atom stereocenters. The van der Waals surface area contributed by atoms with Crippen LogP contribution in [0.3, 0.4) is 0 Å². The number of rotatable bonds is 3. The minimum absolute atomic E-state index is 0.162. The van der Waals surface area contributed by atoms with E-state index in [4.69, 9.17) is 5.84 Å². The molecule has 1 aromatic rings. The van der Waals surface area contributed by atoms with E-state index in [-0.39, 0.29) is 23.0 Å². The highest BCUT2D eigenvalue weighted by Gasteiger charge is 2.30. The van der Waals surface area contributed by atoms with E-state index < -0.39 is 0 Å². The van der Waals surface area contributed by atoms with Crippen molar-refractivity contribution in [1.82, 2.24) is 5.43 Å². The summed E-state index contributed by atoms with van der Waals surface area (Å²) in [5.74, 6) is 5.08. The number of hydrazine groups is 1. The third kappa shape index (κ3) is 3.75. The molecular formula is C13H20N2O2. The molecule has 1 atom stereocenters. The van der Waals surface area contributed by atoms with Crippen LogP contribution in [0.25, 0.3) is 0 Å². The Morgan fingerprint density at radius 3 is 2.29 bits per heavy atom. The molecule has 0 spiro atoms. The second-order valence-corrected chi connectivity index (χ2v) is 5.30. The average molecular weight is 236 g/mol. The quantitative estimate of drug-likeness (QED) is 0.424. The number of hydrogen-bond acceptors (Lipinski definition) is 3. The molecule has 0 bridgehead atoms. The summed E-state index contributed by atoms with van der Waals surface area (Å²) in [6.45, 7) is 6.02. The van der Waals surface area contributed by atoms with Crippen molar-refractivity contribution < 1.29 is 9.90 Å². The number of phenols is 1. The number of amides is 1. The molecule has 0 fully saturated rings. The molecule has 1 aromatic carbocycles. The standard InChI is InChI=1S/C13H20N2O2/c1-13(2,3)11(12(17)15-14)8-9-4-6-10(16)7-5-9/h4-7,11,16H,8,14H2,1-3H3,(H,15,17). The first-order valence-corrected chi connectivity index (χ1v) is 5.63. The third-order valence-electron chi connectivity index (χ3n) is 2.88. The number of hydrogen-bond donors (Lipinski definition) is 3. The Morgan fingerprint density at radius 1 is 1.35 bits per heavy atom. The third-order valence-corrected chi connectivity index (χ3v) is 2.88. The van der Waals surface area contributed by atoms with Crippen LogP contribution in [-0.2, 0) is 11.2 Å². The molecule has 4 nitrogen and oxygen atoms in total. The Balaban J connectivity index is 2.87. The summed E-state index contributed by atoms with van der Waals surface area (Å²) >= 11 is 0. The van der Waals surface area contributed by atoms with E-state index in [0.717, 1.165) is 5.56 Å². The average Bonchev–Trinajstić information content (AvgIpc) is 2.25. The van der Waals surface area contributed by atoms with Gasteiger partial charge in [0, 0.05) is 5.92 Å². The number of aromatic hydroxyl groups is 1. The predicted octanol–water partition coefficient (Wildman–Crippen LogP) is 1.59. The van der Waals surface area contributed by atoms with Crippen LogP contribution < -0.4 is 11.3 Å².